The number of benzene rings is 3. The van der Waals surface area contributed by atoms with Crippen LogP contribution in [0.1, 0.15) is 23.2 Å². The standard InChI is InChI=1S/C22H21O2P/c1-18-12-14-19(15-13-18)22(16-17-23)25(24,20-8-4-2-5-9-20)21-10-6-3-7-11-21/h2-15,17,22H,16H2,1H3. The zero-order chi connectivity index (χ0) is 17.7. The number of aryl methyl sites for hydroxylation is 1. The highest BCUT2D eigenvalue weighted by Gasteiger charge is 2.37. The van der Waals surface area contributed by atoms with Crippen LogP contribution in [0, 0.1) is 6.92 Å². The third kappa shape index (κ3) is 3.50. The van der Waals surface area contributed by atoms with Gasteiger partial charge in [0.25, 0.3) is 0 Å². The fourth-order valence-corrected chi connectivity index (χ4v) is 6.41. The fourth-order valence-electron chi connectivity index (χ4n) is 3.18. The summed E-state index contributed by atoms with van der Waals surface area (Å²) in [6.45, 7) is 2.02. The minimum Gasteiger partial charge on any atom is -0.313 e. The van der Waals surface area contributed by atoms with Crippen molar-refractivity contribution in [3.05, 3.63) is 96.1 Å². The van der Waals surface area contributed by atoms with Crippen molar-refractivity contribution in [2.24, 2.45) is 0 Å². The van der Waals surface area contributed by atoms with Crippen LogP contribution in [0.15, 0.2) is 84.9 Å². The van der Waals surface area contributed by atoms with Crippen molar-refractivity contribution in [3.8, 4) is 0 Å². The smallest absolute Gasteiger partial charge is 0.150 e. The first kappa shape index (κ1) is 17.4. The van der Waals surface area contributed by atoms with Crippen molar-refractivity contribution in [1.82, 2.24) is 0 Å². The van der Waals surface area contributed by atoms with E-state index in [-0.39, 0.29) is 12.1 Å². The van der Waals surface area contributed by atoms with E-state index in [9.17, 15) is 9.36 Å². The molecule has 3 heteroatoms. The lowest BCUT2D eigenvalue weighted by atomic mass is 10.1. The minimum atomic E-state index is -3.02. The number of aldehydes is 1. The van der Waals surface area contributed by atoms with Crippen LogP contribution in [-0.4, -0.2) is 6.29 Å². The molecule has 0 aromatic heterocycles. The summed E-state index contributed by atoms with van der Waals surface area (Å²) in [6, 6.07) is 27.0. The highest BCUT2D eigenvalue weighted by molar-refractivity contribution is 7.79. The van der Waals surface area contributed by atoms with Crippen molar-refractivity contribution in [3.63, 3.8) is 0 Å². The number of carbonyl (C=O) groups is 1. The zero-order valence-electron chi connectivity index (χ0n) is 14.2. The Kier molecular flexibility index (Phi) is 5.31. The Balaban J connectivity index is 2.23. The van der Waals surface area contributed by atoms with E-state index in [2.05, 4.69) is 0 Å². The summed E-state index contributed by atoms with van der Waals surface area (Å²) < 4.78 is 14.4. The van der Waals surface area contributed by atoms with Crippen molar-refractivity contribution in [2.75, 3.05) is 0 Å². The maximum atomic E-state index is 14.4. The van der Waals surface area contributed by atoms with Crippen molar-refractivity contribution in [1.29, 1.82) is 0 Å². The molecule has 0 amide bonds. The molecule has 2 nitrogen and oxygen atoms in total. The molecule has 3 rings (SSSR count). The van der Waals surface area contributed by atoms with Gasteiger partial charge in [0.05, 0.1) is 5.66 Å². The van der Waals surface area contributed by atoms with Crippen LogP contribution >= 0.6 is 7.14 Å². The molecule has 0 aliphatic carbocycles. The van der Waals surface area contributed by atoms with Crippen molar-refractivity contribution < 1.29 is 9.36 Å². The monoisotopic (exact) mass is 348 g/mol. The van der Waals surface area contributed by atoms with Gasteiger partial charge in [-0.05, 0) is 12.5 Å². The van der Waals surface area contributed by atoms with Gasteiger partial charge in [-0.25, -0.2) is 0 Å². The molecular weight excluding hydrogens is 327 g/mol. The van der Waals surface area contributed by atoms with Gasteiger partial charge in [0.1, 0.15) is 6.29 Å². The third-order valence-corrected chi connectivity index (χ3v) is 8.02. The predicted molar refractivity (Wildman–Crippen MR) is 104 cm³/mol. The van der Waals surface area contributed by atoms with Crippen LogP contribution in [0.2, 0.25) is 0 Å². The fraction of sp³-hybridized carbons (Fsp3) is 0.136. The van der Waals surface area contributed by atoms with Crippen LogP contribution in [0.25, 0.3) is 0 Å². The molecule has 1 atom stereocenters. The van der Waals surface area contributed by atoms with Crippen molar-refractivity contribution in [2.45, 2.75) is 19.0 Å². The zero-order valence-corrected chi connectivity index (χ0v) is 15.1. The molecule has 0 heterocycles. The van der Waals surface area contributed by atoms with Gasteiger partial charge in [0, 0.05) is 17.0 Å². The second-order valence-electron chi connectivity index (χ2n) is 6.16. The lowest BCUT2D eigenvalue weighted by molar-refractivity contribution is -0.107. The second-order valence-corrected chi connectivity index (χ2v) is 9.13. The summed E-state index contributed by atoms with van der Waals surface area (Å²) in [5.74, 6) is 0. The van der Waals surface area contributed by atoms with Crippen LogP contribution in [0.5, 0.6) is 0 Å². The van der Waals surface area contributed by atoms with Crippen LogP contribution in [0.4, 0.5) is 0 Å². The van der Waals surface area contributed by atoms with Crippen LogP contribution in [0.3, 0.4) is 0 Å². The normalized spacial score (nSPS) is 12.5. The summed E-state index contributed by atoms with van der Waals surface area (Å²) in [5, 5.41) is 1.57. The van der Waals surface area contributed by atoms with Gasteiger partial charge in [-0.1, -0.05) is 90.5 Å². The average molecular weight is 348 g/mol. The first-order chi connectivity index (χ1) is 12.2. The highest BCUT2D eigenvalue weighted by atomic mass is 31.2. The van der Waals surface area contributed by atoms with Gasteiger partial charge in [-0.15, -0.1) is 0 Å². The Morgan fingerprint density at radius 3 is 1.72 bits per heavy atom. The van der Waals surface area contributed by atoms with E-state index in [4.69, 9.17) is 0 Å². The first-order valence-corrected chi connectivity index (χ1v) is 10.1. The summed E-state index contributed by atoms with van der Waals surface area (Å²) in [6.07, 6.45) is 1.10. The molecule has 25 heavy (non-hydrogen) atoms. The number of hydrogen-bond acceptors (Lipinski definition) is 2. The van der Waals surface area contributed by atoms with Gasteiger partial charge >= 0.3 is 0 Å². The molecule has 0 aliphatic heterocycles. The Bertz CT molecular complexity index is 827. The minimum absolute atomic E-state index is 0.226. The molecule has 0 spiro atoms. The van der Waals surface area contributed by atoms with E-state index in [1.807, 2.05) is 91.9 Å². The predicted octanol–water partition coefficient (Wildman–Crippen LogP) is 4.64. The van der Waals surface area contributed by atoms with Gasteiger partial charge in [0.2, 0.25) is 0 Å². The van der Waals surface area contributed by atoms with E-state index in [0.717, 1.165) is 28.0 Å². The van der Waals surface area contributed by atoms with Gasteiger partial charge < -0.3 is 9.36 Å². The molecule has 0 fully saturated rings. The second kappa shape index (κ2) is 7.63. The molecule has 0 radical (unpaired) electrons. The Morgan fingerprint density at radius 1 is 0.800 bits per heavy atom. The Hall–Kier alpha value is -2.44. The Labute approximate surface area is 148 Å². The lowest BCUT2D eigenvalue weighted by Crippen LogP contribution is -2.21. The molecule has 3 aromatic carbocycles. The first-order valence-electron chi connectivity index (χ1n) is 8.37. The Morgan fingerprint density at radius 2 is 1.28 bits per heavy atom. The maximum absolute atomic E-state index is 14.4. The molecule has 0 saturated carbocycles. The SMILES string of the molecule is Cc1ccc(C(CC=O)P(=O)(c2ccccc2)c2ccccc2)cc1. The van der Waals surface area contributed by atoms with Crippen LogP contribution < -0.4 is 10.6 Å². The van der Waals surface area contributed by atoms with E-state index in [1.165, 1.54) is 0 Å². The van der Waals surface area contributed by atoms with E-state index < -0.39 is 7.14 Å². The summed E-state index contributed by atoms with van der Waals surface area (Å²) in [5.41, 5.74) is 1.71. The van der Waals surface area contributed by atoms with Gasteiger partial charge in [-0.2, -0.15) is 0 Å². The molecule has 0 aliphatic rings. The molecule has 1 unspecified atom stereocenters. The molecule has 0 N–H and O–H groups in total. The lowest BCUT2D eigenvalue weighted by Gasteiger charge is -2.28. The molecule has 0 saturated heterocycles. The third-order valence-electron chi connectivity index (χ3n) is 4.50. The van der Waals surface area contributed by atoms with Gasteiger partial charge in [-0.3, -0.25) is 0 Å². The van der Waals surface area contributed by atoms with Crippen LogP contribution in [-0.2, 0) is 9.36 Å². The van der Waals surface area contributed by atoms with Crippen molar-refractivity contribution >= 4 is 24.0 Å². The van der Waals surface area contributed by atoms with Gasteiger partial charge in [0.15, 0.2) is 7.14 Å². The molecule has 0 bridgehead atoms. The van der Waals surface area contributed by atoms with E-state index in [0.29, 0.717) is 0 Å². The average Bonchev–Trinajstić information content (AvgIpc) is 2.68. The number of hydrogen-bond donors (Lipinski definition) is 0. The summed E-state index contributed by atoms with van der Waals surface area (Å²) >= 11 is 0. The van der Waals surface area contributed by atoms with E-state index in [1.54, 1.807) is 0 Å². The van der Waals surface area contributed by atoms with E-state index >= 15 is 0 Å². The maximum Gasteiger partial charge on any atom is 0.150 e. The molecule has 3 aromatic rings. The summed E-state index contributed by atoms with van der Waals surface area (Å²) in [4.78, 5) is 11.4. The summed E-state index contributed by atoms with van der Waals surface area (Å²) in [7, 11) is -3.02. The number of carbonyl (C=O) groups excluding carboxylic acids is 1. The molecular formula is C22H21O2P. The highest BCUT2D eigenvalue weighted by Crippen LogP contribution is 2.58. The largest absolute Gasteiger partial charge is 0.313 e. The quantitative estimate of drug-likeness (QED) is 0.480. The topological polar surface area (TPSA) is 34.1 Å². The molecule has 126 valence electrons. The number of rotatable bonds is 6.